The van der Waals surface area contributed by atoms with Gasteiger partial charge in [-0.1, -0.05) is 20.8 Å². The number of pyridine rings is 4. The molecule has 0 bridgehead atoms. The Morgan fingerprint density at radius 2 is 1.52 bits per heavy atom. The minimum atomic E-state index is -0.612. The molecule has 0 aliphatic heterocycles. The third-order valence-corrected chi connectivity index (χ3v) is 8.47. The van der Waals surface area contributed by atoms with Crippen LogP contribution in [0, 0.1) is 13.8 Å². The molecule has 0 atom stereocenters. The van der Waals surface area contributed by atoms with Crippen LogP contribution >= 0.6 is 23.8 Å². The van der Waals surface area contributed by atoms with Gasteiger partial charge in [-0.05, 0) is 111 Å². The first kappa shape index (κ1) is 42.6. The van der Waals surface area contributed by atoms with Gasteiger partial charge >= 0.3 is 12.2 Å². The fourth-order valence-electron chi connectivity index (χ4n) is 5.07. The van der Waals surface area contributed by atoms with E-state index in [0.29, 0.717) is 45.4 Å². The molecule has 56 heavy (non-hydrogen) atoms. The number of anilines is 5. The maximum Gasteiger partial charge on any atom is 0.414 e. The molecule has 0 saturated heterocycles. The monoisotopic (exact) mass is 798 g/mol. The summed E-state index contributed by atoms with van der Waals surface area (Å²) in [4.78, 5) is 51.6. The second kappa shape index (κ2) is 18.5. The summed E-state index contributed by atoms with van der Waals surface area (Å²) in [6.45, 7) is 15.8. The fourth-order valence-corrected chi connectivity index (χ4v) is 5.84. The summed E-state index contributed by atoms with van der Waals surface area (Å²) in [5.74, 6) is 1.55. The second-order valence-electron chi connectivity index (χ2n) is 14.2. The number of carbonyl (C=O) groups excluding carboxylic acids is 2. The molecule has 294 valence electrons. The predicted octanol–water partition coefficient (Wildman–Crippen LogP) is 7.78. The van der Waals surface area contributed by atoms with Crippen LogP contribution in [0.2, 0.25) is 0 Å². The zero-order chi connectivity index (χ0) is 41.2. The molecular weight excluding hydrogens is 753 g/mol. The van der Waals surface area contributed by atoms with Gasteiger partial charge in [-0.25, -0.2) is 24.5 Å². The predicted molar refractivity (Wildman–Crippen MR) is 225 cm³/mol. The Labute approximate surface area is 335 Å². The molecule has 5 aromatic rings. The molecular formula is C38H46N12O4S2. The molecule has 0 spiro atoms. The highest BCUT2D eigenvalue weighted by Gasteiger charge is 2.31. The summed E-state index contributed by atoms with van der Waals surface area (Å²) >= 11 is 6.49. The third-order valence-electron chi connectivity index (χ3n) is 7.65. The van der Waals surface area contributed by atoms with Gasteiger partial charge < -0.3 is 25.8 Å². The van der Waals surface area contributed by atoms with Crippen LogP contribution in [0.3, 0.4) is 0 Å². The van der Waals surface area contributed by atoms with Gasteiger partial charge in [-0.15, -0.1) is 0 Å². The quantitative estimate of drug-likeness (QED) is 0.0705. The Balaban J connectivity index is 0.000000249. The van der Waals surface area contributed by atoms with E-state index in [1.54, 1.807) is 35.8 Å². The maximum absolute atomic E-state index is 12.4. The molecule has 0 unspecified atom stereocenters. The average Bonchev–Trinajstić information content (AvgIpc) is 3.60. The smallest absolute Gasteiger partial charge is 0.414 e. The highest BCUT2D eigenvalue weighted by molar-refractivity contribution is 7.80. The lowest BCUT2D eigenvalue weighted by Gasteiger charge is -2.34. The summed E-state index contributed by atoms with van der Waals surface area (Å²) in [5.41, 5.74) is 10.5. The normalized spacial score (nSPS) is 11.4. The average molecular weight is 799 g/mol. The van der Waals surface area contributed by atoms with Crippen LogP contribution < -0.4 is 26.6 Å². The van der Waals surface area contributed by atoms with Crippen molar-refractivity contribution in [1.29, 1.82) is 0 Å². The number of ether oxygens (including phenoxy) is 2. The molecule has 0 aliphatic rings. The van der Waals surface area contributed by atoms with Crippen molar-refractivity contribution >= 4 is 75.0 Å². The highest BCUT2D eigenvalue weighted by Crippen LogP contribution is 2.35. The van der Waals surface area contributed by atoms with Gasteiger partial charge in [-0.3, -0.25) is 20.2 Å². The fraction of sp³-hybridized carbons (Fsp3) is 0.316. The van der Waals surface area contributed by atoms with E-state index in [9.17, 15) is 9.59 Å². The summed E-state index contributed by atoms with van der Waals surface area (Å²) in [6, 6.07) is 12.9. The van der Waals surface area contributed by atoms with Crippen molar-refractivity contribution in [3.8, 4) is 11.5 Å². The summed E-state index contributed by atoms with van der Waals surface area (Å²) < 4.78 is 14.1. The Hall–Kier alpha value is -6.14. The lowest BCUT2D eigenvalue weighted by atomic mass is 9.86. The first-order chi connectivity index (χ1) is 26.4. The lowest BCUT2D eigenvalue weighted by molar-refractivity contribution is 0.172. The van der Waals surface area contributed by atoms with Crippen molar-refractivity contribution in [3.05, 3.63) is 89.6 Å². The van der Waals surface area contributed by atoms with Crippen molar-refractivity contribution in [2.45, 2.75) is 66.3 Å². The van der Waals surface area contributed by atoms with Gasteiger partial charge in [0.15, 0.2) is 28.4 Å². The Bertz CT molecular complexity index is 2210. The number of hydrogen-bond acceptors (Lipinski definition) is 13. The first-order valence-corrected chi connectivity index (χ1v) is 18.4. The first-order valence-electron chi connectivity index (χ1n) is 17.2. The lowest BCUT2D eigenvalue weighted by Crippen LogP contribution is -2.46. The van der Waals surface area contributed by atoms with E-state index in [2.05, 4.69) is 50.2 Å². The topological polar surface area (TPSA) is 208 Å². The minimum absolute atomic E-state index is 0.0901. The number of carbonyl (C=O) groups is 2. The summed E-state index contributed by atoms with van der Waals surface area (Å²) in [7, 11) is 2.65. The molecule has 0 aromatic carbocycles. The molecule has 5 heterocycles. The van der Waals surface area contributed by atoms with Gasteiger partial charge in [0.1, 0.15) is 11.4 Å². The zero-order valence-electron chi connectivity index (χ0n) is 33.0. The molecule has 0 radical (unpaired) electrons. The number of nitrogens with zero attached hydrogens (tertiary/aromatic N) is 8. The van der Waals surface area contributed by atoms with E-state index in [1.807, 2.05) is 91.8 Å². The summed E-state index contributed by atoms with van der Waals surface area (Å²) in [5, 5.41) is 9.43. The molecule has 5 N–H and O–H groups in total. The van der Waals surface area contributed by atoms with Crippen molar-refractivity contribution in [3.63, 3.8) is 0 Å². The number of amides is 2. The van der Waals surface area contributed by atoms with E-state index in [0.717, 1.165) is 16.7 Å². The third kappa shape index (κ3) is 11.4. The molecule has 16 nitrogen and oxygen atoms in total. The van der Waals surface area contributed by atoms with Crippen LogP contribution in [0.25, 0.3) is 11.5 Å². The van der Waals surface area contributed by atoms with Gasteiger partial charge in [0.2, 0.25) is 5.13 Å². The summed E-state index contributed by atoms with van der Waals surface area (Å²) in [6.07, 6.45) is 5.57. The molecule has 5 aromatic heterocycles. The number of amidine groups is 1. The molecule has 2 amide bonds. The number of nitrogens with one attached hydrogen (secondary N) is 3. The number of aryl methyl sites for hydroxylation is 2. The molecule has 0 fully saturated rings. The van der Waals surface area contributed by atoms with Gasteiger partial charge in [0.25, 0.3) is 0 Å². The number of thiocarbonyl (C=S) groups is 1. The van der Waals surface area contributed by atoms with Crippen LogP contribution in [-0.4, -0.2) is 72.2 Å². The van der Waals surface area contributed by atoms with Crippen LogP contribution in [0.15, 0.2) is 72.2 Å². The number of aromatic nitrogens is 6. The molecule has 18 heteroatoms. The number of aliphatic imine (C=N–C) groups is 1. The van der Waals surface area contributed by atoms with Crippen LogP contribution in [-0.2, 0) is 14.9 Å². The number of methoxy groups -OCH3 is 2. The van der Waals surface area contributed by atoms with E-state index in [1.165, 1.54) is 25.8 Å². The van der Waals surface area contributed by atoms with E-state index >= 15 is 0 Å². The molecule has 0 saturated carbocycles. The van der Waals surface area contributed by atoms with Crippen molar-refractivity contribution in [2.24, 2.45) is 10.7 Å². The minimum Gasteiger partial charge on any atom is -0.453 e. The molecule has 0 aliphatic carbocycles. The van der Waals surface area contributed by atoms with Crippen LogP contribution in [0.4, 0.5) is 37.7 Å². The Morgan fingerprint density at radius 1 is 0.857 bits per heavy atom. The SMILES string of the molecule is COC(=O)N(c1cccnc1Nc1nc(-c2cc(C)ccn2)ns1)C(C)(C)C.COC(=O)Nc1c(C(C)(C)C)ccnc1NC(=S)/N=C(\N)c1cc(C)ccn1. The van der Waals surface area contributed by atoms with Crippen molar-refractivity contribution in [1.82, 2.24) is 29.3 Å². The van der Waals surface area contributed by atoms with E-state index in [4.69, 9.17) is 27.4 Å². The van der Waals surface area contributed by atoms with Gasteiger partial charge in [0.05, 0.1) is 25.6 Å². The van der Waals surface area contributed by atoms with Crippen LogP contribution in [0.5, 0.6) is 0 Å². The van der Waals surface area contributed by atoms with Crippen LogP contribution in [0.1, 0.15) is 63.9 Å². The number of nitrogens with two attached hydrogens (primary N) is 1. The number of rotatable bonds is 7. The highest BCUT2D eigenvalue weighted by atomic mass is 32.1. The van der Waals surface area contributed by atoms with E-state index < -0.39 is 17.7 Å². The van der Waals surface area contributed by atoms with E-state index in [-0.39, 0.29) is 16.4 Å². The zero-order valence-corrected chi connectivity index (χ0v) is 34.6. The van der Waals surface area contributed by atoms with Gasteiger partial charge in [0, 0.05) is 41.9 Å². The second-order valence-corrected chi connectivity index (χ2v) is 15.3. The molecule has 5 rings (SSSR count). The Morgan fingerprint density at radius 3 is 2.14 bits per heavy atom. The maximum atomic E-state index is 12.4. The Kier molecular flexibility index (Phi) is 14.0. The number of hydrogen-bond donors (Lipinski definition) is 4. The largest absolute Gasteiger partial charge is 0.453 e. The van der Waals surface area contributed by atoms with Crippen molar-refractivity contribution in [2.75, 3.05) is 35.1 Å². The van der Waals surface area contributed by atoms with Gasteiger partial charge in [-0.2, -0.15) is 9.36 Å². The standard InChI is InChI=1S/C19H22N6O2S.C19H24N6O2S/c1-12-8-10-20-13(11-12)15-22-17(28-24-15)23-16-14(7-6-9-21-16)25(18(26)27-5)19(2,3)4;1-11-6-8-21-13(10-11)15(20)24-17(28)25-16-14(23-18(26)27-5)12(7-9-22-16)19(2,3)4/h6-11H,1-5H3,(H,21,22,23,24);6-10H,1-5H3,(H,23,26)(H3,20,22,24,25,28). The van der Waals surface area contributed by atoms with Crippen molar-refractivity contribution < 1.29 is 19.1 Å².